The smallest absolute Gasteiger partial charge is 0.409 e. The Morgan fingerprint density at radius 3 is 3.09 bits per heavy atom. The Morgan fingerprint density at radius 2 is 2.41 bits per heavy atom. The molecular weight excluding hydrogens is 304 g/mol. The predicted octanol–water partition coefficient (Wildman–Crippen LogP) is 0.810. The van der Waals surface area contributed by atoms with Crippen LogP contribution in [-0.2, 0) is 4.79 Å². The van der Waals surface area contributed by atoms with Crippen LogP contribution in [0.3, 0.4) is 0 Å². The Bertz CT molecular complexity index is 494. The normalized spacial score (nSPS) is 15.4. The van der Waals surface area contributed by atoms with Crippen molar-refractivity contribution >= 4 is 23.8 Å². The number of aromatic nitrogens is 1. The largest absolute Gasteiger partial charge is 0.412 e. The van der Waals surface area contributed by atoms with Crippen molar-refractivity contribution in [3.05, 3.63) is 24.5 Å². The van der Waals surface area contributed by atoms with Gasteiger partial charge >= 0.3 is 6.09 Å². The second-order valence-electron chi connectivity index (χ2n) is 4.89. The first-order valence-electron chi connectivity index (χ1n) is 7.14. The van der Waals surface area contributed by atoms with Gasteiger partial charge in [0.15, 0.2) is 5.75 Å². The maximum Gasteiger partial charge on any atom is 0.412 e. The molecule has 7 nitrogen and oxygen atoms in total. The molecule has 8 heteroatoms. The molecular formula is C14H20N4O3S. The van der Waals surface area contributed by atoms with E-state index in [4.69, 9.17) is 10.5 Å². The second-order valence-corrected chi connectivity index (χ2v) is 5.97. The molecule has 1 atom stereocenters. The summed E-state index contributed by atoms with van der Waals surface area (Å²) in [6.07, 6.45) is 3.68. The van der Waals surface area contributed by atoms with Gasteiger partial charge in [0.25, 0.3) is 0 Å². The number of amides is 2. The maximum atomic E-state index is 12.0. The molecule has 0 radical (unpaired) electrons. The Labute approximate surface area is 133 Å². The fraction of sp³-hybridized carbons (Fsp3) is 0.500. The molecule has 2 heterocycles. The van der Waals surface area contributed by atoms with Crippen molar-refractivity contribution in [3.8, 4) is 5.75 Å². The van der Waals surface area contributed by atoms with E-state index in [0.29, 0.717) is 25.1 Å². The van der Waals surface area contributed by atoms with Crippen LogP contribution in [0.15, 0.2) is 24.5 Å². The van der Waals surface area contributed by atoms with Gasteiger partial charge in [-0.15, -0.1) is 11.8 Å². The quantitative estimate of drug-likeness (QED) is 0.752. The molecule has 1 aliphatic heterocycles. The fourth-order valence-electron chi connectivity index (χ4n) is 2.01. The van der Waals surface area contributed by atoms with Crippen molar-refractivity contribution in [2.45, 2.75) is 18.9 Å². The summed E-state index contributed by atoms with van der Waals surface area (Å²) in [5.74, 6) is 2.07. The van der Waals surface area contributed by atoms with Gasteiger partial charge in [0, 0.05) is 25.0 Å². The molecule has 2 rings (SSSR count). The lowest BCUT2D eigenvalue weighted by Crippen LogP contribution is -2.42. The van der Waals surface area contributed by atoms with Crippen LogP contribution < -0.4 is 15.8 Å². The molecule has 0 aromatic carbocycles. The van der Waals surface area contributed by atoms with Gasteiger partial charge in [0.05, 0.1) is 18.1 Å². The number of nitrogens with zero attached hydrogens (tertiary/aromatic N) is 2. The van der Waals surface area contributed by atoms with Crippen LogP contribution in [0.4, 0.5) is 4.79 Å². The van der Waals surface area contributed by atoms with Crippen LogP contribution in [0.1, 0.15) is 12.8 Å². The highest BCUT2D eigenvalue weighted by Gasteiger charge is 2.23. The number of ether oxygens (including phenoxy) is 1. The van der Waals surface area contributed by atoms with Crippen molar-refractivity contribution in [3.63, 3.8) is 0 Å². The second kappa shape index (κ2) is 8.60. The van der Waals surface area contributed by atoms with E-state index in [1.807, 2.05) is 0 Å². The Balaban J connectivity index is 1.60. The van der Waals surface area contributed by atoms with E-state index in [1.165, 1.54) is 6.20 Å². The molecule has 1 aromatic heterocycles. The van der Waals surface area contributed by atoms with Gasteiger partial charge in [-0.1, -0.05) is 0 Å². The van der Waals surface area contributed by atoms with Crippen LogP contribution in [0, 0.1) is 0 Å². The van der Waals surface area contributed by atoms with Crippen molar-refractivity contribution < 1.29 is 14.3 Å². The summed E-state index contributed by atoms with van der Waals surface area (Å²) >= 11 is 1.73. The average Bonchev–Trinajstić information content (AvgIpc) is 3.06. The first-order valence-corrected chi connectivity index (χ1v) is 8.30. The molecule has 0 unspecified atom stereocenters. The van der Waals surface area contributed by atoms with Gasteiger partial charge in [-0.3, -0.25) is 9.78 Å². The molecule has 0 bridgehead atoms. The molecule has 0 aliphatic carbocycles. The molecule has 1 saturated heterocycles. The van der Waals surface area contributed by atoms with Crippen molar-refractivity contribution in [2.75, 3.05) is 24.7 Å². The Hall–Kier alpha value is -1.80. The highest BCUT2D eigenvalue weighted by Crippen LogP contribution is 2.14. The van der Waals surface area contributed by atoms with Crippen LogP contribution in [0.5, 0.6) is 5.75 Å². The number of rotatable bonds is 6. The minimum atomic E-state index is -0.538. The lowest BCUT2D eigenvalue weighted by Gasteiger charge is -2.19. The van der Waals surface area contributed by atoms with E-state index in [-0.39, 0.29) is 5.91 Å². The van der Waals surface area contributed by atoms with E-state index < -0.39 is 12.1 Å². The van der Waals surface area contributed by atoms with Gasteiger partial charge in [0.1, 0.15) is 0 Å². The molecule has 1 aliphatic rings. The third-order valence-electron chi connectivity index (χ3n) is 3.19. The minimum absolute atomic E-state index is 0.0112. The summed E-state index contributed by atoms with van der Waals surface area (Å²) < 4.78 is 5.03. The SMILES string of the molecule is N[C@H](CCCNC(=O)Oc1cccnc1)C(=O)N1CCSC1. The van der Waals surface area contributed by atoms with Gasteiger partial charge in [-0.05, 0) is 25.0 Å². The van der Waals surface area contributed by atoms with Crippen LogP contribution >= 0.6 is 11.8 Å². The minimum Gasteiger partial charge on any atom is -0.409 e. The summed E-state index contributed by atoms with van der Waals surface area (Å²) in [4.78, 5) is 29.1. The summed E-state index contributed by atoms with van der Waals surface area (Å²) in [6, 6.07) is 2.83. The van der Waals surface area contributed by atoms with Crippen LogP contribution in [-0.4, -0.2) is 52.6 Å². The van der Waals surface area contributed by atoms with Gasteiger partial charge in [-0.25, -0.2) is 4.79 Å². The summed E-state index contributed by atoms with van der Waals surface area (Å²) in [7, 11) is 0. The van der Waals surface area contributed by atoms with Crippen molar-refractivity contribution in [1.29, 1.82) is 0 Å². The summed E-state index contributed by atoms with van der Waals surface area (Å²) in [5.41, 5.74) is 5.88. The van der Waals surface area contributed by atoms with Crippen LogP contribution in [0.25, 0.3) is 0 Å². The highest BCUT2D eigenvalue weighted by molar-refractivity contribution is 7.99. The number of nitrogens with one attached hydrogen (secondary N) is 1. The highest BCUT2D eigenvalue weighted by atomic mass is 32.2. The number of carbonyl (C=O) groups is 2. The number of nitrogens with two attached hydrogens (primary N) is 1. The van der Waals surface area contributed by atoms with E-state index in [9.17, 15) is 9.59 Å². The van der Waals surface area contributed by atoms with E-state index in [1.54, 1.807) is 35.0 Å². The molecule has 3 N–H and O–H groups in total. The lowest BCUT2D eigenvalue weighted by atomic mass is 10.1. The van der Waals surface area contributed by atoms with Gasteiger partial charge in [0.2, 0.25) is 5.91 Å². The standard InChI is InChI=1S/C14H20N4O3S/c15-12(13(19)18-7-8-22-10-18)4-2-6-17-14(20)21-11-3-1-5-16-9-11/h1,3,5,9,12H,2,4,6-8,10,15H2,(H,17,20)/t12-/m1/s1. The third-order valence-corrected chi connectivity index (χ3v) is 4.15. The summed E-state index contributed by atoms with van der Waals surface area (Å²) in [5, 5.41) is 2.62. The monoisotopic (exact) mass is 324 g/mol. The Morgan fingerprint density at radius 1 is 1.55 bits per heavy atom. The molecule has 0 spiro atoms. The zero-order valence-corrected chi connectivity index (χ0v) is 13.1. The Kier molecular flexibility index (Phi) is 6.47. The van der Waals surface area contributed by atoms with Crippen LogP contribution in [0.2, 0.25) is 0 Å². The predicted molar refractivity (Wildman–Crippen MR) is 84.5 cm³/mol. The zero-order valence-electron chi connectivity index (χ0n) is 12.2. The van der Waals surface area contributed by atoms with Gasteiger partial charge in [-0.2, -0.15) is 0 Å². The lowest BCUT2D eigenvalue weighted by molar-refractivity contribution is -0.131. The molecule has 22 heavy (non-hydrogen) atoms. The maximum absolute atomic E-state index is 12.0. The van der Waals surface area contributed by atoms with Crippen molar-refractivity contribution in [2.24, 2.45) is 5.73 Å². The van der Waals surface area contributed by atoms with Gasteiger partial charge < -0.3 is 20.7 Å². The summed E-state index contributed by atoms with van der Waals surface area (Å²) in [6.45, 7) is 1.18. The van der Waals surface area contributed by atoms with E-state index in [0.717, 1.165) is 18.2 Å². The van der Waals surface area contributed by atoms with E-state index >= 15 is 0 Å². The number of pyridine rings is 1. The van der Waals surface area contributed by atoms with Crippen molar-refractivity contribution in [1.82, 2.24) is 15.2 Å². The molecule has 2 amide bonds. The third kappa shape index (κ3) is 5.19. The first-order chi connectivity index (χ1) is 10.7. The molecule has 120 valence electrons. The fourth-order valence-corrected chi connectivity index (χ4v) is 2.96. The molecule has 0 saturated carbocycles. The van der Waals surface area contributed by atoms with E-state index in [2.05, 4.69) is 10.3 Å². The number of hydrogen-bond acceptors (Lipinski definition) is 6. The number of thioether (sulfide) groups is 1. The zero-order chi connectivity index (χ0) is 15.8. The number of hydrogen-bond donors (Lipinski definition) is 2. The first kappa shape index (κ1) is 16.6. The average molecular weight is 324 g/mol. The molecule has 1 aromatic rings. The topological polar surface area (TPSA) is 97.5 Å². The number of carbonyl (C=O) groups excluding carboxylic acids is 2. The molecule has 1 fully saturated rings.